The van der Waals surface area contributed by atoms with Crippen molar-refractivity contribution in [3.8, 4) is 0 Å². The molecule has 0 aromatic carbocycles. The molecule has 2 heterocycles. The predicted molar refractivity (Wildman–Crippen MR) is 81.0 cm³/mol. The smallest absolute Gasteiger partial charge is 0.255 e. The lowest BCUT2D eigenvalue weighted by Gasteiger charge is -2.39. The molecule has 1 aliphatic rings. The summed E-state index contributed by atoms with van der Waals surface area (Å²) in [6.45, 7) is 9.41. The molecule has 21 heavy (non-hydrogen) atoms. The van der Waals surface area contributed by atoms with E-state index in [-0.39, 0.29) is 5.91 Å². The minimum Gasteiger partial charge on any atom is -0.363 e. The van der Waals surface area contributed by atoms with E-state index >= 15 is 0 Å². The van der Waals surface area contributed by atoms with Gasteiger partial charge in [0.05, 0.1) is 12.3 Å². The first-order valence-electron chi connectivity index (χ1n) is 7.46. The Morgan fingerprint density at radius 1 is 1.57 bits per heavy atom. The number of amides is 1. The van der Waals surface area contributed by atoms with Crippen molar-refractivity contribution in [2.24, 2.45) is 0 Å². The van der Waals surface area contributed by atoms with Crippen LogP contribution in [-0.4, -0.2) is 64.9 Å². The third-order valence-corrected chi connectivity index (χ3v) is 4.04. The molecule has 0 saturated carbocycles. The molecule has 0 unspecified atom stereocenters. The van der Waals surface area contributed by atoms with E-state index in [1.54, 1.807) is 4.90 Å². The highest BCUT2D eigenvalue weighted by molar-refractivity contribution is 5.85. The number of carbonyl (C=O) groups excluding carboxylic acids is 1. The Kier molecular flexibility index (Phi) is 4.68. The number of hydrogen-bond donors (Lipinski definition) is 0. The molecule has 1 aliphatic heterocycles. The van der Waals surface area contributed by atoms with Crippen molar-refractivity contribution in [1.29, 1.82) is 0 Å². The van der Waals surface area contributed by atoms with Crippen LogP contribution >= 0.6 is 0 Å². The molecule has 1 aromatic heterocycles. The maximum Gasteiger partial charge on any atom is 0.255 e. The molecule has 1 amide bonds. The summed E-state index contributed by atoms with van der Waals surface area (Å²) < 4.78 is 7.66. The number of aryl methyl sites for hydroxylation is 2. The summed E-state index contributed by atoms with van der Waals surface area (Å²) in [5, 5.41) is 4.42. The number of aromatic nitrogens is 2. The minimum atomic E-state index is -0.754. The minimum absolute atomic E-state index is 0.0256. The fourth-order valence-electron chi connectivity index (χ4n) is 2.80. The number of morpholine rings is 1. The fraction of sp³-hybridized carbons (Fsp3) is 0.733. The Morgan fingerprint density at radius 2 is 2.29 bits per heavy atom. The summed E-state index contributed by atoms with van der Waals surface area (Å²) >= 11 is 0. The number of ether oxygens (including phenoxy) is 1. The zero-order chi connectivity index (χ0) is 15.6. The molecule has 1 saturated heterocycles. The molecular formula is C15H26N4O2. The Bertz CT molecular complexity index is 514. The van der Waals surface area contributed by atoms with Crippen molar-refractivity contribution in [1.82, 2.24) is 19.6 Å². The third kappa shape index (κ3) is 3.44. The SMILES string of the molecule is CCn1cc(CN(C)C(=O)[C@]2(C)CN(C)CCO2)c(C)n1. The number of hydrogen-bond acceptors (Lipinski definition) is 4. The second-order valence-corrected chi connectivity index (χ2v) is 6.07. The zero-order valence-electron chi connectivity index (χ0n) is 13.7. The first kappa shape index (κ1) is 16.0. The van der Waals surface area contributed by atoms with Gasteiger partial charge in [0, 0.05) is 45.0 Å². The van der Waals surface area contributed by atoms with Crippen LogP contribution in [0.4, 0.5) is 0 Å². The highest BCUT2D eigenvalue weighted by Gasteiger charge is 2.40. The van der Waals surface area contributed by atoms with Gasteiger partial charge < -0.3 is 14.5 Å². The molecular weight excluding hydrogens is 268 g/mol. The average molecular weight is 294 g/mol. The molecule has 0 radical (unpaired) electrons. The van der Waals surface area contributed by atoms with Gasteiger partial charge in [0.1, 0.15) is 0 Å². The topological polar surface area (TPSA) is 50.6 Å². The monoisotopic (exact) mass is 294 g/mol. The van der Waals surface area contributed by atoms with E-state index in [0.29, 0.717) is 19.7 Å². The van der Waals surface area contributed by atoms with Crippen molar-refractivity contribution in [3.05, 3.63) is 17.5 Å². The van der Waals surface area contributed by atoms with Crippen LogP contribution in [0, 0.1) is 6.92 Å². The lowest BCUT2D eigenvalue weighted by atomic mass is 10.0. The van der Waals surface area contributed by atoms with Crippen molar-refractivity contribution in [2.45, 2.75) is 39.5 Å². The molecule has 0 bridgehead atoms. The van der Waals surface area contributed by atoms with Crippen LogP contribution in [0.25, 0.3) is 0 Å². The van der Waals surface area contributed by atoms with Crippen molar-refractivity contribution < 1.29 is 9.53 Å². The normalized spacial score (nSPS) is 23.3. The molecule has 6 heteroatoms. The number of carbonyl (C=O) groups is 1. The predicted octanol–water partition coefficient (Wildman–Crippen LogP) is 0.891. The zero-order valence-corrected chi connectivity index (χ0v) is 13.7. The second kappa shape index (κ2) is 6.15. The fourth-order valence-corrected chi connectivity index (χ4v) is 2.80. The van der Waals surface area contributed by atoms with Crippen LogP contribution in [0.2, 0.25) is 0 Å². The quantitative estimate of drug-likeness (QED) is 0.827. The molecule has 2 rings (SSSR count). The molecule has 0 N–H and O–H groups in total. The molecule has 0 aliphatic carbocycles. The first-order valence-corrected chi connectivity index (χ1v) is 7.46. The average Bonchev–Trinajstić information content (AvgIpc) is 2.78. The maximum absolute atomic E-state index is 12.7. The largest absolute Gasteiger partial charge is 0.363 e. The lowest BCUT2D eigenvalue weighted by Crippen LogP contribution is -2.57. The van der Waals surface area contributed by atoms with E-state index in [4.69, 9.17) is 4.74 Å². The Morgan fingerprint density at radius 3 is 2.86 bits per heavy atom. The second-order valence-electron chi connectivity index (χ2n) is 6.07. The van der Waals surface area contributed by atoms with Crippen molar-refractivity contribution in [2.75, 3.05) is 33.8 Å². The summed E-state index contributed by atoms with van der Waals surface area (Å²) in [7, 11) is 3.84. The first-order chi connectivity index (χ1) is 9.85. The van der Waals surface area contributed by atoms with Crippen LogP contribution in [0.5, 0.6) is 0 Å². The van der Waals surface area contributed by atoms with E-state index in [9.17, 15) is 4.79 Å². The number of rotatable bonds is 4. The van der Waals surface area contributed by atoms with E-state index in [2.05, 4.69) is 16.9 Å². The molecule has 118 valence electrons. The molecule has 6 nitrogen and oxygen atoms in total. The van der Waals surface area contributed by atoms with Crippen molar-refractivity contribution >= 4 is 5.91 Å². The Hall–Kier alpha value is -1.40. The molecule has 1 atom stereocenters. The van der Waals surface area contributed by atoms with Crippen LogP contribution < -0.4 is 0 Å². The standard InChI is InChI=1S/C15H26N4O2/c1-6-19-10-13(12(2)16-19)9-18(5)14(20)15(3)11-17(4)7-8-21-15/h10H,6-9,11H2,1-5H3/t15-/m0/s1. The Balaban J connectivity index is 2.06. The highest BCUT2D eigenvalue weighted by atomic mass is 16.5. The van der Waals surface area contributed by atoms with Crippen LogP contribution in [0.15, 0.2) is 6.20 Å². The van der Waals surface area contributed by atoms with Crippen LogP contribution in [0.3, 0.4) is 0 Å². The third-order valence-electron chi connectivity index (χ3n) is 4.04. The summed E-state index contributed by atoms with van der Waals surface area (Å²) in [5.41, 5.74) is 1.31. The lowest BCUT2D eigenvalue weighted by molar-refractivity contribution is -0.165. The van der Waals surface area contributed by atoms with Gasteiger partial charge in [-0.15, -0.1) is 0 Å². The summed E-state index contributed by atoms with van der Waals surface area (Å²) in [6, 6.07) is 0. The Labute approximate surface area is 126 Å². The van der Waals surface area contributed by atoms with E-state index in [1.807, 2.05) is 38.8 Å². The van der Waals surface area contributed by atoms with Gasteiger partial charge in [0.25, 0.3) is 5.91 Å². The van der Waals surface area contributed by atoms with Crippen LogP contribution in [0.1, 0.15) is 25.1 Å². The van der Waals surface area contributed by atoms with Crippen molar-refractivity contribution in [3.63, 3.8) is 0 Å². The summed E-state index contributed by atoms with van der Waals surface area (Å²) in [4.78, 5) is 16.6. The van der Waals surface area contributed by atoms with Crippen LogP contribution in [-0.2, 0) is 22.6 Å². The van der Waals surface area contributed by atoms with E-state index in [0.717, 1.165) is 24.3 Å². The molecule has 1 aromatic rings. The summed E-state index contributed by atoms with van der Waals surface area (Å²) in [6.07, 6.45) is 2.01. The van der Waals surface area contributed by atoms with Gasteiger partial charge >= 0.3 is 0 Å². The molecule has 1 fully saturated rings. The number of likely N-dealkylation sites (N-methyl/N-ethyl adjacent to an activating group) is 2. The van der Waals surface area contributed by atoms with E-state index in [1.165, 1.54) is 0 Å². The molecule has 0 spiro atoms. The van der Waals surface area contributed by atoms with Gasteiger partial charge in [-0.05, 0) is 27.8 Å². The van der Waals surface area contributed by atoms with Gasteiger partial charge in [-0.3, -0.25) is 9.48 Å². The van der Waals surface area contributed by atoms with E-state index < -0.39 is 5.60 Å². The van der Waals surface area contributed by atoms with Gasteiger partial charge in [-0.1, -0.05) is 0 Å². The highest BCUT2D eigenvalue weighted by Crippen LogP contribution is 2.20. The number of nitrogens with zero attached hydrogens (tertiary/aromatic N) is 4. The van der Waals surface area contributed by atoms with Gasteiger partial charge in [-0.2, -0.15) is 5.10 Å². The van der Waals surface area contributed by atoms with Gasteiger partial charge in [0.2, 0.25) is 0 Å². The van der Waals surface area contributed by atoms with Gasteiger partial charge in [0.15, 0.2) is 5.60 Å². The summed E-state index contributed by atoms with van der Waals surface area (Å²) in [5.74, 6) is 0.0256. The maximum atomic E-state index is 12.7. The van der Waals surface area contributed by atoms with Gasteiger partial charge in [-0.25, -0.2) is 0 Å².